The van der Waals surface area contributed by atoms with Gasteiger partial charge in [-0.2, -0.15) is 0 Å². The van der Waals surface area contributed by atoms with Gasteiger partial charge in [-0.05, 0) is 43.1 Å². The molecule has 0 bridgehead atoms. The molecule has 0 fully saturated rings. The molecule has 0 radical (unpaired) electrons. The van der Waals surface area contributed by atoms with Crippen molar-refractivity contribution >= 4 is 32.3 Å². The number of aliphatic hydroxyl groups is 1. The molecule has 0 aliphatic carbocycles. The number of thiophene rings is 1. The largest absolute Gasteiger partial charge is 0.392 e. The van der Waals surface area contributed by atoms with Gasteiger partial charge in [0.05, 0.1) is 12.1 Å². The second-order valence-electron chi connectivity index (χ2n) is 7.52. The number of H-pyrrole nitrogens is 1. The molecular formula is C23H22F2N2O2S. The molecule has 0 aliphatic heterocycles. The van der Waals surface area contributed by atoms with Crippen molar-refractivity contribution in [2.75, 3.05) is 14.1 Å². The van der Waals surface area contributed by atoms with Gasteiger partial charge in [-0.15, -0.1) is 11.3 Å². The first-order chi connectivity index (χ1) is 14.4. The highest BCUT2D eigenvalue weighted by Crippen LogP contribution is 2.40. The zero-order chi connectivity index (χ0) is 21.6. The second kappa shape index (κ2) is 7.91. The predicted octanol–water partition coefficient (Wildman–Crippen LogP) is 5.19. The Bertz CT molecular complexity index is 1290. The minimum atomic E-state index is -1.15. The summed E-state index contributed by atoms with van der Waals surface area (Å²) in [7, 11) is 4.02. The number of hydrogen-bond acceptors (Lipinski definition) is 4. The van der Waals surface area contributed by atoms with Crippen LogP contribution in [0.5, 0.6) is 0 Å². The summed E-state index contributed by atoms with van der Waals surface area (Å²) in [6.45, 7) is 1.45. The van der Waals surface area contributed by atoms with Gasteiger partial charge in [0.1, 0.15) is 4.70 Å². The van der Waals surface area contributed by atoms with Gasteiger partial charge in [0.15, 0.2) is 11.6 Å². The number of aliphatic hydroxyl groups excluding tert-OH is 1. The molecule has 2 heterocycles. The number of pyridine rings is 1. The first-order valence-corrected chi connectivity index (χ1v) is 10.6. The third-order valence-corrected chi connectivity index (χ3v) is 6.52. The van der Waals surface area contributed by atoms with Crippen LogP contribution in [0, 0.1) is 11.6 Å². The predicted molar refractivity (Wildman–Crippen MR) is 118 cm³/mol. The second-order valence-corrected chi connectivity index (χ2v) is 8.43. The number of halogens is 2. The van der Waals surface area contributed by atoms with Crippen molar-refractivity contribution in [3.8, 4) is 11.1 Å². The van der Waals surface area contributed by atoms with Gasteiger partial charge in [0.25, 0.3) is 5.56 Å². The average molecular weight is 429 g/mol. The monoisotopic (exact) mass is 428 g/mol. The standard InChI is InChI=1S/C23H22F2N2O2S/c1-4-16(27(2)3)12-5-7-13(8-6-12)17-15(11-28)19(24)20(25)21-18(17)14-9-10-30-22(14)23(29)26-21/h5-10,16,28H,4,11H2,1-3H3,(H,26,29). The van der Waals surface area contributed by atoms with Gasteiger partial charge in [-0.25, -0.2) is 8.78 Å². The topological polar surface area (TPSA) is 56.3 Å². The molecule has 0 aliphatic rings. The van der Waals surface area contributed by atoms with E-state index in [1.165, 1.54) is 11.3 Å². The van der Waals surface area contributed by atoms with Crippen LogP contribution in [0.4, 0.5) is 8.78 Å². The molecule has 2 aromatic carbocycles. The lowest BCUT2D eigenvalue weighted by molar-refractivity contribution is 0.274. The van der Waals surface area contributed by atoms with Crippen molar-refractivity contribution in [2.45, 2.75) is 26.0 Å². The Morgan fingerprint density at radius 2 is 1.83 bits per heavy atom. The zero-order valence-electron chi connectivity index (χ0n) is 16.9. The molecule has 7 heteroatoms. The summed E-state index contributed by atoms with van der Waals surface area (Å²) in [4.78, 5) is 17.0. The van der Waals surface area contributed by atoms with Crippen LogP contribution in [0.1, 0.15) is 30.5 Å². The van der Waals surface area contributed by atoms with E-state index in [1.54, 1.807) is 11.4 Å². The zero-order valence-corrected chi connectivity index (χ0v) is 17.7. The molecular weight excluding hydrogens is 406 g/mol. The van der Waals surface area contributed by atoms with Gasteiger partial charge in [0.2, 0.25) is 0 Å². The fraction of sp³-hybridized carbons (Fsp3) is 0.261. The van der Waals surface area contributed by atoms with Crippen molar-refractivity contribution in [1.82, 2.24) is 9.88 Å². The Morgan fingerprint density at radius 3 is 2.43 bits per heavy atom. The molecule has 4 nitrogen and oxygen atoms in total. The molecule has 0 spiro atoms. The van der Waals surface area contributed by atoms with E-state index >= 15 is 0 Å². The smallest absolute Gasteiger partial charge is 0.266 e. The minimum absolute atomic E-state index is 0.119. The number of aromatic amines is 1. The third kappa shape index (κ3) is 3.14. The molecule has 1 unspecified atom stereocenters. The van der Waals surface area contributed by atoms with Crippen molar-refractivity contribution in [1.29, 1.82) is 0 Å². The van der Waals surface area contributed by atoms with Gasteiger partial charge in [-0.3, -0.25) is 4.79 Å². The van der Waals surface area contributed by atoms with Crippen molar-refractivity contribution in [3.05, 3.63) is 68.8 Å². The highest BCUT2D eigenvalue weighted by molar-refractivity contribution is 7.17. The first kappa shape index (κ1) is 20.7. The number of benzene rings is 2. The number of rotatable bonds is 5. The normalized spacial score (nSPS) is 12.9. The van der Waals surface area contributed by atoms with Crippen molar-refractivity contribution in [3.63, 3.8) is 0 Å². The van der Waals surface area contributed by atoms with Crippen LogP contribution >= 0.6 is 11.3 Å². The summed E-state index contributed by atoms with van der Waals surface area (Å²) < 4.78 is 30.1. The Balaban J connectivity index is 2.06. The summed E-state index contributed by atoms with van der Waals surface area (Å²) in [5.41, 5.74) is 1.40. The minimum Gasteiger partial charge on any atom is -0.392 e. The molecule has 0 saturated heterocycles. The fourth-order valence-corrected chi connectivity index (χ4v) is 5.01. The van der Waals surface area contributed by atoms with Crippen LogP contribution in [0.3, 0.4) is 0 Å². The summed E-state index contributed by atoms with van der Waals surface area (Å²) >= 11 is 1.24. The fourth-order valence-electron chi connectivity index (χ4n) is 4.21. The summed E-state index contributed by atoms with van der Waals surface area (Å²) in [6.07, 6.45) is 0.930. The van der Waals surface area contributed by atoms with Gasteiger partial charge >= 0.3 is 0 Å². The Morgan fingerprint density at radius 1 is 1.13 bits per heavy atom. The first-order valence-electron chi connectivity index (χ1n) is 9.69. The van der Waals surface area contributed by atoms with Crippen LogP contribution in [0.15, 0.2) is 40.5 Å². The SMILES string of the molecule is CCC(c1ccc(-c2c(CO)c(F)c(F)c3[nH]c(=O)c4sccc4c23)cc1)N(C)C. The lowest BCUT2D eigenvalue weighted by Crippen LogP contribution is -2.18. The Labute approximate surface area is 176 Å². The van der Waals surface area contributed by atoms with E-state index in [-0.39, 0.29) is 17.1 Å². The van der Waals surface area contributed by atoms with Gasteiger partial charge < -0.3 is 15.0 Å². The molecule has 0 amide bonds. The molecule has 0 saturated carbocycles. The van der Waals surface area contributed by atoms with Gasteiger partial charge in [-0.1, -0.05) is 31.2 Å². The summed E-state index contributed by atoms with van der Waals surface area (Å²) in [5, 5.41) is 12.6. The Hall–Kier alpha value is -2.61. The number of aromatic nitrogens is 1. The van der Waals surface area contributed by atoms with E-state index in [4.69, 9.17) is 0 Å². The molecule has 2 N–H and O–H groups in total. The van der Waals surface area contributed by atoms with Crippen LogP contribution in [0.25, 0.3) is 32.1 Å². The molecule has 4 rings (SSSR count). The maximum atomic E-state index is 14.8. The average Bonchev–Trinajstić information content (AvgIpc) is 3.22. The van der Waals surface area contributed by atoms with Gasteiger partial charge in [0, 0.05) is 27.9 Å². The quantitative estimate of drug-likeness (QED) is 0.460. The van der Waals surface area contributed by atoms with Crippen molar-refractivity contribution < 1.29 is 13.9 Å². The number of hydrogen-bond donors (Lipinski definition) is 2. The van der Waals surface area contributed by atoms with E-state index < -0.39 is 23.8 Å². The highest BCUT2D eigenvalue weighted by atomic mass is 32.1. The molecule has 30 heavy (non-hydrogen) atoms. The highest BCUT2D eigenvalue weighted by Gasteiger charge is 2.24. The van der Waals surface area contributed by atoms with E-state index in [0.717, 1.165) is 12.0 Å². The summed E-state index contributed by atoms with van der Waals surface area (Å²) in [6, 6.07) is 9.61. The maximum absolute atomic E-state index is 14.8. The van der Waals surface area contributed by atoms with Crippen LogP contribution in [0.2, 0.25) is 0 Å². The van der Waals surface area contributed by atoms with E-state index in [2.05, 4.69) is 16.8 Å². The number of fused-ring (bicyclic) bond motifs is 3. The lowest BCUT2D eigenvalue weighted by Gasteiger charge is -2.23. The molecule has 2 aromatic heterocycles. The van der Waals surface area contributed by atoms with E-state index in [9.17, 15) is 18.7 Å². The Kier molecular flexibility index (Phi) is 5.44. The molecule has 1 atom stereocenters. The third-order valence-electron chi connectivity index (χ3n) is 5.61. The van der Waals surface area contributed by atoms with Crippen LogP contribution < -0.4 is 5.56 Å². The lowest BCUT2D eigenvalue weighted by atomic mass is 9.91. The van der Waals surface area contributed by atoms with E-state index in [1.807, 2.05) is 38.4 Å². The molecule has 4 aromatic rings. The van der Waals surface area contributed by atoms with E-state index in [0.29, 0.717) is 26.6 Å². The maximum Gasteiger partial charge on any atom is 0.266 e. The van der Waals surface area contributed by atoms with Crippen molar-refractivity contribution in [2.24, 2.45) is 0 Å². The summed E-state index contributed by atoms with van der Waals surface area (Å²) in [5.74, 6) is -2.30. The number of nitrogens with zero attached hydrogens (tertiary/aromatic N) is 1. The number of nitrogens with one attached hydrogen (secondary N) is 1. The van der Waals surface area contributed by atoms with Crippen LogP contribution in [-0.4, -0.2) is 29.1 Å². The molecule has 156 valence electrons. The van der Waals surface area contributed by atoms with Crippen LogP contribution in [-0.2, 0) is 6.61 Å².